The number of amides is 1. The highest BCUT2D eigenvalue weighted by Crippen LogP contribution is 2.31. The van der Waals surface area contributed by atoms with Crippen LogP contribution in [0.25, 0.3) is 11.3 Å². The van der Waals surface area contributed by atoms with Crippen molar-refractivity contribution in [2.45, 2.75) is 17.7 Å². The van der Waals surface area contributed by atoms with Gasteiger partial charge in [0.25, 0.3) is 0 Å². The van der Waals surface area contributed by atoms with Gasteiger partial charge in [-0.1, -0.05) is 29.8 Å². The fourth-order valence-electron chi connectivity index (χ4n) is 3.48. The van der Waals surface area contributed by atoms with Crippen molar-refractivity contribution in [2.24, 2.45) is 5.92 Å². The maximum atomic E-state index is 13.5. The summed E-state index contributed by atoms with van der Waals surface area (Å²) in [6.07, 6.45) is 0.606. The van der Waals surface area contributed by atoms with Crippen molar-refractivity contribution in [3.63, 3.8) is 0 Å². The van der Waals surface area contributed by atoms with Gasteiger partial charge in [-0.25, -0.2) is 22.2 Å². The second-order valence-electron chi connectivity index (χ2n) is 7.26. The van der Waals surface area contributed by atoms with Crippen molar-refractivity contribution in [1.29, 1.82) is 0 Å². The molecule has 3 aromatic rings. The minimum absolute atomic E-state index is 0.0994. The number of hydrogen-bond donors (Lipinski definition) is 1. The lowest BCUT2D eigenvalue weighted by Gasteiger charge is -2.30. The van der Waals surface area contributed by atoms with Crippen molar-refractivity contribution in [3.05, 3.63) is 64.5 Å². The van der Waals surface area contributed by atoms with Crippen molar-refractivity contribution in [2.75, 3.05) is 18.4 Å². The third kappa shape index (κ3) is 4.68. The zero-order chi connectivity index (χ0) is 22.9. The van der Waals surface area contributed by atoms with Crippen molar-refractivity contribution in [1.82, 2.24) is 9.29 Å². The Labute approximate surface area is 192 Å². The normalized spacial score (nSPS) is 15.6. The Balaban J connectivity index is 1.38. The van der Waals surface area contributed by atoms with E-state index in [0.717, 1.165) is 17.7 Å². The molecule has 1 amide bonds. The average Bonchev–Trinajstić information content (AvgIpc) is 3.24. The molecule has 1 aliphatic rings. The van der Waals surface area contributed by atoms with Gasteiger partial charge in [0.15, 0.2) is 16.8 Å². The van der Waals surface area contributed by atoms with Crippen LogP contribution in [0.5, 0.6) is 0 Å². The molecule has 1 saturated heterocycles. The third-order valence-corrected chi connectivity index (χ3v) is 8.22. The first-order chi connectivity index (χ1) is 15.3. The maximum Gasteiger partial charge on any atom is 0.243 e. The van der Waals surface area contributed by atoms with Crippen LogP contribution in [0.15, 0.2) is 52.7 Å². The van der Waals surface area contributed by atoms with Crippen molar-refractivity contribution in [3.8, 4) is 11.3 Å². The summed E-state index contributed by atoms with van der Waals surface area (Å²) >= 11 is 7.47. The average molecular weight is 498 g/mol. The predicted molar refractivity (Wildman–Crippen MR) is 119 cm³/mol. The summed E-state index contributed by atoms with van der Waals surface area (Å²) in [5, 5.41) is 5.58. The molecular formula is C21H18ClF2N3O3S2. The summed E-state index contributed by atoms with van der Waals surface area (Å²) in [7, 11) is -3.97. The molecule has 32 heavy (non-hydrogen) atoms. The van der Waals surface area contributed by atoms with Gasteiger partial charge in [-0.05, 0) is 37.1 Å². The van der Waals surface area contributed by atoms with Gasteiger partial charge in [-0.15, -0.1) is 11.3 Å². The maximum absolute atomic E-state index is 13.5. The molecule has 2 heterocycles. The number of sulfonamides is 1. The summed E-state index contributed by atoms with van der Waals surface area (Å²) in [5.74, 6) is -2.96. The number of nitrogens with one attached hydrogen (secondary N) is 1. The highest BCUT2D eigenvalue weighted by Gasteiger charge is 2.32. The smallest absolute Gasteiger partial charge is 0.243 e. The predicted octanol–water partition coefficient (Wildman–Crippen LogP) is 4.78. The SMILES string of the molecule is O=C(Nc1nc(-c2ccccc2Cl)cs1)C1CCN(S(=O)(=O)c2ccc(F)c(F)c2)CC1. The molecule has 0 radical (unpaired) electrons. The van der Waals surface area contributed by atoms with Crippen LogP contribution in [-0.4, -0.2) is 36.7 Å². The number of hydrogen-bond acceptors (Lipinski definition) is 5. The van der Waals surface area contributed by atoms with Gasteiger partial charge in [0.2, 0.25) is 15.9 Å². The van der Waals surface area contributed by atoms with E-state index in [1.165, 1.54) is 15.6 Å². The number of aromatic nitrogens is 1. The number of rotatable bonds is 5. The molecule has 168 valence electrons. The third-order valence-electron chi connectivity index (χ3n) is 5.24. The van der Waals surface area contributed by atoms with Gasteiger partial charge in [0.1, 0.15) is 0 Å². The number of benzene rings is 2. The molecule has 0 unspecified atom stereocenters. The Kier molecular flexibility index (Phi) is 6.57. The lowest BCUT2D eigenvalue weighted by molar-refractivity contribution is -0.120. The zero-order valence-corrected chi connectivity index (χ0v) is 19.0. The summed E-state index contributed by atoms with van der Waals surface area (Å²) < 4.78 is 53.2. The van der Waals surface area contributed by atoms with Crippen LogP contribution in [0.1, 0.15) is 12.8 Å². The molecule has 0 spiro atoms. The molecule has 0 aliphatic carbocycles. The van der Waals surface area contributed by atoms with Gasteiger partial charge < -0.3 is 5.32 Å². The molecule has 1 aromatic heterocycles. The van der Waals surface area contributed by atoms with Gasteiger partial charge >= 0.3 is 0 Å². The van der Waals surface area contributed by atoms with Crippen LogP contribution in [0.4, 0.5) is 13.9 Å². The lowest BCUT2D eigenvalue weighted by atomic mass is 9.97. The van der Waals surface area contributed by atoms with E-state index in [1.54, 1.807) is 11.4 Å². The standard InChI is InChI=1S/C21H18ClF2N3O3S2/c22-16-4-2-1-3-15(16)19-12-31-21(25-19)26-20(28)13-7-9-27(10-8-13)32(29,30)14-5-6-17(23)18(24)11-14/h1-6,11-13H,7-10H2,(H,25,26,28). The summed E-state index contributed by atoms with van der Waals surface area (Å²) in [6, 6.07) is 9.76. The molecule has 1 N–H and O–H groups in total. The lowest BCUT2D eigenvalue weighted by Crippen LogP contribution is -2.41. The zero-order valence-electron chi connectivity index (χ0n) is 16.6. The van der Waals surface area contributed by atoms with Crippen LogP contribution in [0.3, 0.4) is 0 Å². The van der Waals surface area contributed by atoms with Crippen LogP contribution in [-0.2, 0) is 14.8 Å². The van der Waals surface area contributed by atoms with Crippen LogP contribution in [0, 0.1) is 17.6 Å². The molecular weight excluding hydrogens is 480 g/mol. The van der Waals surface area contributed by atoms with Gasteiger partial charge in [0, 0.05) is 35.0 Å². The summed E-state index contributed by atoms with van der Waals surface area (Å²) in [4.78, 5) is 16.8. The number of thiazole rings is 1. The van der Waals surface area contributed by atoms with Gasteiger partial charge in [-0.2, -0.15) is 4.31 Å². The van der Waals surface area contributed by atoms with Gasteiger partial charge in [0.05, 0.1) is 10.6 Å². The largest absolute Gasteiger partial charge is 0.302 e. The quantitative estimate of drug-likeness (QED) is 0.550. The molecule has 1 fully saturated rings. The number of anilines is 1. The Morgan fingerprint density at radius 3 is 2.53 bits per heavy atom. The molecule has 6 nitrogen and oxygen atoms in total. The number of halogens is 3. The van der Waals surface area contributed by atoms with E-state index in [2.05, 4.69) is 10.3 Å². The number of piperidine rings is 1. The van der Waals surface area contributed by atoms with Gasteiger partial charge in [-0.3, -0.25) is 4.79 Å². The molecule has 0 atom stereocenters. The number of carbonyl (C=O) groups is 1. The van der Waals surface area contributed by atoms with E-state index in [4.69, 9.17) is 11.6 Å². The van der Waals surface area contributed by atoms with Crippen LogP contribution in [0.2, 0.25) is 5.02 Å². The Bertz CT molecular complexity index is 1260. The fourth-order valence-corrected chi connectivity index (χ4v) is 5.90. The Morgan fingerprint density at radius 1 is 1.12 bits per heavy atom. The summed E-state index contributed by atoms with van der Waals surface area (Å²) in [5.41, 5.74) is 1.42. The van der Waals surface area contributed by atoms with E-state index >= 15 is 0 Å². The Hall–Kier alpha value is -2.40. The molecule has 11 heteroatoms. The van der Waals surface area contributed by atoms with Crippen LogP contribution < -0.4 is 5.32 Å². The molecule has 1 aliphatic heterocycles. The first kappa shape index (κ1) is 22.8. The van der Waals surface area contributed by atoms with E-state index in [0.29, 0.717) is 34.8 Å². The number of nitrogens with zero attached hydrogens (tertiary/aromatic N) is 2. The number of carbonyl (C=O) groups excluding carboxylic acids is 1. The first-order valence-corrected chi connectivity index (χ1v) is 12.4. The van der Waals surface area contributed by atoms with E-state index < -0.39 is 21.7 Å². The Morgan fingerprint density at radius 2 is 1.84 bits per heavy atom. The second kappa shape index (κ2) is 9.22. The molecule has 0 saturated carbocycles. The van der Waals surface area contributed by atoms with Crippen molar-refractivity contribution >= 4 is 44.0 Å². The topological polar surface area (TPSA) is 79.4 Å². The fraction of sp³-hybridized carbons (Fsp3) is 0.238. The highest BCUT2D eigenvalue weighted by molar-refractivity contribution is 7.89. The molecule has 2 aromatic carbocycles. The second-order valence-corrected chi connectivity index (χ2v) is 10.5. The van der Waals surface area contributed by atoms with E-state index in [9.17, 15) is 22.0 Å². The molecule has 0 bridgehead atoms. The minimum Gasteiger partial charge on any atom is -0.302 e. The van der Waals surface area contributed by atoms with E-state index in [1.807, 2.05) is 18.2 Å². The monoisotopic (exact) mass is 497 g/mol. The highest BCUT2D eigenvalue weighted by atomic mass is 35.5. The molecule has 4 rings (SSSR count). The van der Waals surface area contributed by atoms with Crippen molar-refractivity contribution < 1.29 is 22.0 Å². The van der Waals surface area contributed by atoms with E-state index in [-0.39, 0.29) is 29.8 Å². The minimum atomic E-state index is -3.97. The summed E-state index contributed by atoms with van der Waals surface area (Å²) in [6.45, 7) is 0.199. The first-order valence-electron chi connectivity index (χ1n) is 9.72. The van der Waals surface area contributed by atoms with Crippen LogP contribution >= 0.6 is 22.9 Å².